The molecule has 3 nitrogen and oxygen atoms in total. The molecule has 0 amide bonds. The molecule has 3 aromatic rings. The molecule has 0 aliphatic rings. The fraction of sp³-hybridized carbons (Fsp3) is 0.100. The minimum absolute atomic E-state index is 0.410. The molecule has 0 N–H and O–H groups in total. The van der Waals surface area contributed by atoms with Crippen molar-refractivity contribution < 1.29 is 13.6 Å². The third kappa shape index (κ3) is 4.66. The molecular formula is C20H18ClO3P. The van der Waals surface area contributed by atoms with Crippen LogP contribution < -0.4 is 9.05 Å². The van der Waals surface area contributed by atoms with Gasteiger partial charge in [-0.3, -0.25) is 0 Å². The molecule has 1 unspecified atom stereocenters. The van der Waals surface area contributed by atoms with E-state index in [9.17, 15) is 4.57 Å². The van der Waals surface area contributed by atoms with Crippen molar-refractivity contribution in [1.82, 2.24) is 0 Å². The highest BCUT2D eigenvalue weighted by molar-refractivity contribution is 7.82. The molecule has 0 saturated carbocycles. The van der Waals surface area contributed by atoms with E-state index in [0.717, 1.165) is 23.1 Å². The molecule has 0 fully saturated rings. The summed E-state index contributed by atoms with van der Waals surface area (Å²) in [6, 6.07) is 24.3. The summed E-state index contributed by atoms with van der Waals surface area (Å²) < 4.78 is 23.6. The van der Waals surface area contributed by atoms with Gasteiger partial charge in [0.05, 0.1) is 0 Å². The molecule has 0 aromatic heterocycles. The molecule has 0 bridgehead atoms. The summed E-state index contributed by atoms with van der Waals surface area (Å²) in [5, 5.41) is 0. The minimum atomic E-state index is -3.84. The average molecular weight is 373 g/mol. The van der Waals surface area contributed by atoms with Gasteiger partial charge >= 0.3 is 6.95 Å². The van der Waals surface area contributed by atoms with Crippen molar-refractivity contribution in [3.63, 3.8) is 0 Å². The third-order valence-electron chi connectivity index (χ3n) is 3.73. The molecule has 128 valence electrons. The fourth-order valence-corrected chi connectivity index (χ4v) is 3.72. The second-order valence-electron chi connectivity index (χ2n) is 5.47. The predicted octanol–water partition coefficient (Wildman–Crippen LogP) is 6.72. The lowest BCUT2D eigenvalue weighted by Crippen LogP contribution is -1.97. The van der Waals surface area contributed by atoms with Crippen LogP contribution >= 0.6 is 18.2 Å². The van der Waals surface area contributed by atoms with Gasteiger partial charge in [-0.15, -0.1) is 0 Å². The topological polar surface area (TPSA) is 35.5 Å². The number of aryl methyl sites for hydroxylation is 1. The third-order valence-corrected chi connectivity index (χ3v) is 4.98. The van der Waals surface area contributed by atoms with Crippen LogP contribution in [0.15, 0.2) is 78.9 Å². The quantitative estimate of drug-likeness (QED) is 0.450. The zero-order valence-corrected chi connectivity index (χ0v) is 15.4. The Morgan fingerprint density at radius 3 is 2.16 bits per heavy atom. The second kappa shape index (κ2) is 7.77. The number of para-hydroxylation sites is 1. The maximum Gasteiger partial charge on any atom is 0.530 e. The Bertz CT molecular complexity index is 879. The van der Waals surface area contributed by atoms with Crippen LogP contribution in [-0.4, -0.2) is 0 Å². The molecule has 25 heavy (non-hydrogen) atoms. The zero-order valence-electron chi connectivity index (χ0n) is 13.8. The molecule has 0 aliphatic heterocycles. The number of hydrogen-bond acceptors (Lipinski definition) is 3. The van der Waals surface area contributed by atoms with E-state index in [-0.39, 0.29) is 0 Å². The van der Waals surface area contributed by atoms with E-state index in [0.29, 0.717) is 11.5 Å². The fourth-order valence-electron chi connectivity index (χ4n) is 2.45. The van der Waals surface area contributed by atoms with E-state index in [2.05, 4.69) is 6.92 Å². The Morgan fingerprint density at radius 2 is 1.48 bits per heavy atom. The van der Waals surface area contributed by atoms with Crippen LogP contribution in [0.25, 0.3) is 11.1 Å². The van der Waals surface area contributed by atoms with Gasteiger partial charge in [-0.05, 0) is 35.7 Å². The molecule has 3 rings (SSSR count). The predicted molar refractivity (Wildman–Crippen MR) is 102 cm³/mol. The van der Waals surface area contributed by atoms with Gasteiger partial charge in [0.25, 0.3) is 0 Å². The van der Waals surface area contributed by atoms with Crippen molar-refractivity contribution in [1.29, 1.82) is 0 Å². The summed E-state index contributed by atoms with van der Waals surface area (Å²) in [6.45, 7) is -1.77. The van der Waals surface area contributed by atoms with Gasteiger partial charge in [-0.25, -0.2) is 4.57 Å². The maximum atomic E-state index is 12.6. The highest BCUT2D eigenvalue weighted by atomic mass is 35.7. The van der Waals surface area contributed by atoms with Crippen molar-refractivity contribution in [3.05, 3.63) is 84.4 Å². The summed E-state index contributed by atoms with van der Waals surface area (Å²) in [5.74, 6) is 0.824. The molecular weight excluding hydrogens is 355 g/mol. The van der Waals surface area contributed by atoms with E-state index < -0.39 is 6.95 Å². The first-order valence-electron chi connectivity index (χ1n) is 8.00. The van der Waals surface area contributed by atoms with Crippen molar-refractivity contribution in [3.8, 4) is 22.6 Å². The first kappa shape index (κ1) is 17.6. The van der Waals surface area contributed by atoms with E-state index in [4.69, 9.17) is 20.3 Å². The van der Waals surface area contributed by atoms with Crippen LogP contribution in [0, 0.1) is 0 Å². The van der Waals surface area contributed by atoms with Gasteiger partial charge < -0.3 is 9.05 Å². The molecule has 0 spiro atoms. The molecule has 1 atom stereocenters. The highest BCUT2D eigenvalue weighted by Gasteiger charge is 2.26. The summed E-state index contributed by atoms with van der Waals surface area (Å²) >= 11 is 6.05. The van der Waals surface area contributed by atoms with Crippen LogP contribution in [0.3, 0.4) is 0 Å². The van der Waals surface area contributed by atoms with E-state index in [1.165, 1.54) is 0 Å². The number of rotatable bonds is 6. The Morgan fingerprint density at radius 1 is 0.840 bits per heavy atom. The van der Waals surface area contributed by atoms with Crippen molar-refractivity contribution in [2.75, 3.05) is 0 Å². The number of halogens is 1. The molecule has 0 aliphatic carbocycles. The lowest BCUT2D eigenvalue weighted by molar-refractivity contribution is 0.407. The molecule has 5 heteroatoms. The standard InChI is InChI=1S/C20H18ClO3P/c1-2-16-12-14-18(15-13-16)23-25(21,22)24-20-11-7-6-10-19(20)17-8-4-3-5-9-17/h3-15H,2H2,1H3. The highest BCUT2D eigenvalue weighted by Crippen LogP contribution is 2.54. The Hall–Kier alpha value is -2.22. The zero-order chi connectivity index (χ0) is 17.7. The molecule has 0 heterocycles. The monoisotopic (exact) mass is 372 g/mol. The van der Waals surface area contributed by atoms with Crippen LogP contribution in [0.1, 0.15) is 12.5 Å². The summed E-state index contributed by atoms with van der Waals surface area (Å²) in [7, 11) is 0. The largest absolute Gasteiger partial charge is 0.530 e. The van der Waals surface area contributed by atoms with E-state index >= 15 is 0 Å². The summed E-state index contributed by atoms with van der Waals surface area (Å²) in [5.41, 5.74) is 2.91. The van der Waals surface area contributed by atoms with Gasteiger partial charge in [-0.2, -0.15) is 0 Å². The normalized spacial score (nSPS) is 13.0. The Balaban J connectivity index is 1.82. The van der Waals surface area contributed by atoms with Gasteiger partial charge in [-0.1, -0.05) is 67.6 Å². The summed E-state index contributed by atoms with van der Waals surface area (Å²) in [6.07, 6.45) is 0.916. The molecule has 3 aromatic carbocycles. The number of benzene rings is 3. The van der Waals surface area contributed by atoms with Gasteiger partial charge in [0, 0.05) is 16.8 Å². The molecule has 0 saturated heterocycles. The Labute approximate surface area is 152 Å². The summed E-state index contributed by atoms with van der Waals surface area (Å²) in [4.78, 5) is 0. The van der Waals surface area contributed by atoms with Crippen LogP contribution in [-0.2, 0) is 11.0 Å². The second-order valence-corrected chi connectivity index (χ2v) is 7.94. The molecule has 0 radical (unpaired) electrons. The van der Waals surface area contributed by atoms with Gasteiger partial charge in [0.1, 0.15) is 11.5 Å². The minimum Gasteiger partial charge on any atom is -0.405 e. The van der Waals surface area contributed by atoms with Crippen molar-refractivity contribution in [2.24, 2.45) is 0 Å². The van der Waals surface area contributed by atoms with E-state index in [1.54, 1.807) is 24.3 Å². The first-order chi connectivity index (χ1) is 12.1. The smallest absolute Gasteiger partial charge is 0.405 e. The SMILES string of the molecule is CCc1ccc(OP(=O)(Cl)Oc2ccccc2-c2ccccc2)cc1. The van der Waals surface area contributed by atoms with E-state index in [1.807, 2.05) is 54.6 Å². The van der Waals surface area contributed by atoms with Crippen LogP contribution in [0.4, 0.5) is 0 Å². The van der Waals surface area contributed by atoms with Crippen LogP contribution in [0.5, 0.6) is 11.5 Å². The van der Waals surface area contributed by atoms with Crippen molar-refractivity contribution in [2.45, 2.75) is 13.3 Å². The van der Waals surface area contributed by atoms with Gasteiger partial charge in [0.2, 0.25) is 0 Å². The Kier molecular flexibility index (Phi) is 5.47. The van der Waals surface area contributed by atoms with Crippen LogP contribution in [0.2, 0.25) is 0 Å². The lowest BCUT2D eigenvalue weighted by Gasteiger charge is -2.16. The lowest BCUT2D eigenvalue weighted by atomic mass is 10.1. The van der Waals surface area contributed by atoms with Crippen molar-refractivity contribution >= 4 is 18.2 Å². The number of hydrogen-bond donors (Lipinski definition) is 0. The van der Waals surface area contributed by atoms with Gasteiger partial charge in [0.15, 0.2) is 0 Å². The first-order valence-corrected chi connectivity index (χ1v) is 10.4. The maximum absolute atomic E-state index is 12.6. The average Bonchev–Trinajstić information content (AvgIpc) is 2.63.